The fraction of sp³-hybridized carbons (Fsp3) is 0.421. The van der Waals surface area contributed by atoms with Gasteiger partial charge in [0.05, 0.1) is 19.1 Å². The van der Waals surface area contributed by atoms with E-state index in [2.05, 4.69) is 16.0 Å². The van der Waals surface area contributed by atoms with E-state index < -0.39 is 66.8 Å². The Balaban J connectivity index is 2.96. The molecule has 1 aromatic carbocycles. The van der Waals surface area contributed by atoms with E-state index in [1.165, 1.54) is 6.92 Å². The van der Waals surface area contributed by atoms with Crippen molar-refractivity contribution in [1.29, 1.82) is 0 Å². The SMILES string of the molecule is CC(O)C(NC(=O)CN)C(=O)NC(CC(N)=O)C(=O)NC(Cc1ccccc1)C(=O)O. The molecule has 0 saturated heterocycles. The number of benzene rings is 1. The molecular formula is C19H27N5O7. The molecule has 0 heterocycles. The number of aliphatic hydroxyl groups is 1. The Bertz CT molecular complexity index is 800. The molecule has 12 heteroatoms. The van der Waals surface area contributed by atoms with Crippen molar-refractivity contribution in [1.82, 2.24) is 16.0 Å². The number of carbonyl (C=O) groups is 5. The van der Waals surface area contributed by atoms with Crippen LogP contribution in [0.5, 0.6) is 0 Å². The molecule has 0 spiro atoms. The van der Waals surface area contributed by atoms with Gasteiger partial charge in [0.25, 0.3) is 0 Å². The van der Waals surface area contributed by atoms with Crippen LogP contribution in [0, 0.1) is 0 Å². The van der Waals surface area contributed by atoms with E-state index in [9.17, 15) is 34.2 Å². The van der Waals surface area contributed by atoms with Crippen molar-refractivity contribution in [2.24, 2.45) is 11.5 Å². The zero-order valence-corrected chi connectivity index (χ0v) is 16.9. The zero-order valence-electron chi connectivity index (χ0n) is 16.9. The van der Waals surface area contributed by atoms with E-state index in [1.807, 2.05) is 0 Å². The van der Waals surface area contributed by atoms with Gasteiger partial charge in [0, 0.05) is 6.42 Å². The van der Waals surface area contributed by atoms with Gasteiger partial charge in [0.1, 0.15) is 18.1 Å². The highest BCUT2D eigenvalue weighted by Gasteiger charge is 2.32. The molecule has 0 aliphatic rings. The van der Waals surface area contributed by atoms with Crippen molar-refractivity contribution in [2.45, 2.75) is 44.0 Å². The van der Waals surface area contributed by atoms with Crippen molar-refractivity contribution in [3.63, 3.8) is 0 Å². The number of nitrogens with one attached hydrogen (secondary N) is 3. The summed E-state index contributed by atoms with van der Waals surface area (Å²) in [5.41, 5.74) is 11.0. The van der Waals surface area contributed by atoms with Crippen LogP contribution in [0.4, 0.5) is 0 Å². The van der Waals surface area contributed by atoms with Gasteiger partial charge < -0.3 is 37.6 Å². The molecule has 0 aliphatic heterocycles. The number of amides is 4. The predicted octanol–water partition coefficient (Wildman–Crippen LogP) is -3.02. The number of aliphatic hydroxyl groups excluding tert-OH is 1. The summed E-state index contributed by atoms with van der Waals surface area (Å²) in [7, 11) is 0. The fourth-order valence-corrected chi connectivity index (χ4v) is 2.63. The van der Waals surface area contributed by atoms with Crippen molar-refractivity contribution < 1.29 is 34.2 Å². The number of carboxylic acid groups (broad SMARTS) is 1. The highest BCUT2D eigenvalue weighted by atomic mass is 16.4. The summed E-state index contributed by atoms with van der Waals surface area (Å²) in [6.07, 6.45) is -2.02. The largest absolute Gasteiger partial charge is 0.480 e. The Kier molecular flexibility index (Phi) is 10.1. The highest BCUT2D eigenvalue weighted by Crippen LogP contribution is 2.05. The van der Waals surface area contributed by atoms with E-state index in [0.717, 1.165) is 0 Å². The molecule has 12 nitrogen and oxygen atoms in total. The Hall–Kier alpha value is -3.51. The van der Waals surface area contributed by atoms with Crippen molar-refractivity contribution in [3.05, 3.63) is 35.9 Å². The number of primary amides is 1. The molecule has 4 atom stereocenters. The smallest absolute Gasteiger partial charge is 0.326 e. The first-order chi connectivity index (χ1) is 14.5. The van der Waals surface area contributed by atoms with Crippen LogP contribution in [0.15, 0.2) is 30.3 Å². The number of hydrogen-bond donors (Lipinski definition) is 7. The summed E-state index contributed by atoms with van der Waals surface area (Å²) < 4.78 is 0. The molecule has 0 saturated carbocycles. The van der Waals surface area contributed by atoms with Crippen LogP contribution in [0.25, 0.3) is 0 Å². The van der Waals surface area contributed by atoms with Crippen molar-refractivity contribution >= 4 is 29.6 Å². The summed E-state index contributed by atoms with van der Waals surface area (Å²) in [6.45, 7) is 0.784. The quantitative estimate of drug-likeness (QED) is 0.178. The topological polar surface area (TPSA) is 214 Å². The second kappa shape index (κ2) is 12.2. The minimum absolute atomic E-state index is 0.0397. The molecule has 4 unspecified atom stereocenters. The summed E-state index contributed by atoms with van der Waals surface area (Å²) in [4.78, 5) is 59.5. The average molecular weight is 437 g/mol. The van der Waals surface area contributed by atoms with Crippen LogP contribution in [-0.4, -0.2) is 70.6 Å². The first-order valence-electron chi connectivity index (χ1n) is 9.38. The van der Waals surface area contributed by atoms with Gasteiger partial charge >= 0.3 is 5.97 Å². The van der Waals surface area contributed by atoms with E-state index in [4.69, 9.17) is 11.5 Å². The van der Waals surface area contributed by atoms with Crippen LogP contribution in [0.2, 0.25) is 0 Å². The molecule has 170 valence electrons. The lowest BCUT2D eigenvalue weighted by Gasteiger charge is -2.25. The molecule has 1 aromatic rings. The Morgan fingerprint density at radius 3 is 2.03 bits per heavy atom. The lowest BCUT2D eigenvalue weighted by molar-refractivity contribution is -0.142. The Morgan fingerprint density at radius 1 is 0.968 bits per heavy atom. The fourth-order valence-electron chi connectivity index (χ4n) is 2.63. The summed E-state index contributed by atoms with van der Waals surface area (Å²) in [5, 5.41) is 25.8. The maximum atomic E-state index is 12.6. The predicted molar refractivity (Wildman–Crippen MR) is 108 cm³/mol. The molecule has 0 aliphatic carbocycles. The van der Waals surface area contributed by atoms with Gasteiger partial charge in [0.2, 0.25) is 23.6 Å². The normalized spacial score (nSPS) is 14.4. The van der Waals surface area contributed by atoms with Gasteiger partial charge in [0.15, 0.2) is 0 Å². The Morgan fingerprint density at radius 2 is 1.55 bits per heavy atom. The molecule has 4 amide bonds. The summed E-state index contributed by atoms with van der Waals surface area (Å²) >= 11 is 0. The number of carbonyl (C=O) groups excluding carboxylic acids is 4. The van der Waals surface area contributed by atoms with E-state index in [-0.39, 0.29) is 6.42 Å². The maximum absolute atomic E-state index is 12.6. The molecule has 9 N–H and O–H groups in total. The highest BCUT2D eigenvalue weighted by molar-refractivity contribution is 5.96. The molecule has 0 radical (unpaired) electrons. The lowest BCUT2D eigenvalue weighted by atomic mass is 10.0. The van der Waals surface area contributed by atoms with E-state index in [0.29, 0.717) is 5.56 Å². The minimum atomic E-state index is -1.53. The molecule has 1 rings (SSSR count). The van der Waals surface area contributed by atoms with Gasteiger partial charge in [-0.25, -0.2) is 4.79 Å². The van der Waals surface area contributed by atoms with Crippen LogP contribution >= 0.6 is 0 Å². The number of aliphatic carboxylic acids is 1. The molecule has 0 bridgehead atoms. The lowest BCUT2D eigenvalue weighted by Crippen LogP contribution is -2.59. The molecular weight excluding hydrogens is 410 g/mol. The first-order valence-corrected chi connectivity index (χ1v) is 9.38. The second-order valence-electron chi connectivity index (χ2n) is 6.81. The summed E-state index contributed by atoms with van der Waals surface area (Å²) in [5.74, 6) is -4.93. The van der Waals surface area contributed by atoms with Gasteiger partial charge in [-0.05, 0) is 12.5 Å². The number of rotatable bonds is 12. The minimum Gasteiger partial charge on any atom is -0.480 e. The molecule has 0 aromatic heterocycles. The first kappa shape index (κ1) is 25.5. The Labute approximate surface area is 178 Å². The van der Waals surface area contributed by atoms with E-state index in [1.54, 1.807) is 30.3 Å². The average Bonchev–Trinajstić information content (AvgIpc) is 2.70. The second-order valence-corrected chi connectivity index (χ2v) is 6.81. The van der Waals surface area contributed by atoms with E-state index >= 15 is 0 Å². The van der Waals surface area contributed by atoms with Crippen LogP contribution < -0.4 is 27.4 Å². The monoisotopic (exact) mass is 437 g/mol. The third kappa shape index (κ3) is 8.80. The molecule has 31 heavy (non-hydrogen) atoms. The summed E-state index contributed by atoms with van der Waals surface area (Å²) in [6, 6.07) is 4.19. The number of hydrogen-bond acceptors (Lipinski definition) is 7. The molecule has 0 fully saturated rings. The van der Waals surface area contributed by atoms with Gasteiger partial charge in [-0.1, -0.05) is 30.3 Å². The van der Waals surface area contributed by atoms with Gasteiger partial charge in [-0.3, -0.25) is 19.2 Å². The van der Waals surface area contributed by atoms with Crippen molar-refractivity contribution in [2.75, 3.05) is 6.54 Å². The third-order valence-corrected chi connectivity index (χ3v) is 4.20. The number of carboxylic acids is 1. The van der Waals surface area contributed by atoms with Gasteiger partial charge in [-0.2, -0.15) is 0 Å². The van der Waals surface area contributed by atoms with Gasteiger partial charge in [-0.15, -0.1) is 0 Å². The standard InChI is InChI=1S/C19H27N5O7/c1-10(25)16(24-15(27)9-20)18(29)22-12(8-14(21)26)17(28)23-13(19(30)31)7-11-5-3-2-4-6-11/h2-6,10,12-13,16,25H,7-9,20H2,1H3,(H2,21,26)(H,22,29)(H,23,28)(H,24,27)(H,30,31). The maximum Gasteiger partial charge on any atom is 0.326 e. The zero-order chi connectivity index (χ0) is 23.6. The third-order valence-electron chi connectivity index (χ3n) is 4.20. The van der Waals surface area contributed by atoms with Crippen LogP contribution in [-0.2, 0) is 30.4 Å². The van der Waals surface area contributed by atoms with Crippen molar-refractivity contribution in [3.8, 4) is 0 Å². The number of nitrogens with two attached hydrogens (primary N) is 2. The van der Waals surface area contributed by atoms with Crippen LogP contribution in [0.3, 0.4) is 0 Å². The van der Waals surface area contributed by atoms with Crippen LogP contribution in [0.1, 0.15) is 18.9 Å².